The molecule has 0 bridgehead atoms. The van der Waals surface area contributed by atoms with Crippen molar-refractivity contribution in [1.29, 1.82) is 0 Å². The monoisotopic (exact) mass is 220 g/mol. The van der Waals surface area contributed by atoms with Gasteiger partial charge in [-0.2, -0.15) is 0 Å². The number of pyridine rings is 1. The van der Waals surface area contributed by atoms with E-state index in [4.69, 9.17) is 0 Å². The summed E-state index contributed by atoms with van der Waals surface area (Å²) in [5.74, 6) is 0.335. The number of carbonyl (C=O) groups excluding carboxylic acids is 1. The van der Waals surface area contributed by atoms with Crippen LogP contribution >= 0.6 is 0 Å². The topological polar surface area (TPSA) is 53.4 Å². The van der Waals surface area contributed by atoms with Gasteiger partial charge in [0.2, 0.25) is 0 Å². The van der Waals surface area contributed by atoms with Crippen LogP contribution in [0.15, 0.2) is 24.5 Å². The normalized spacial score (nSPS) is 24.8. The second kappa shape index (κ2) is 4.61. The number of aliphatic hydroxyl groups excluding tert-OH is 1. The van der Waals surface area contributed by atoms with Crippen molar-refractivity contribution >= 4 is 5.91 Å². The second-order valence-electron chi connectivity index (χ2n) is 4.26. The Morgan fingerprint density at radius 3 is 3.12 bits per heavy atom. The van der Waals surface area contributed by atoms with Crippen molar-refractivity contribution < 1.29 is 9.90 Å². The zero-order valence-electron chi connectivity index (χ0n) is 9.34. The molecule has 2 unspecified atom stereocenters. The summed E-state index contributed by atoms with van der Waals surface area (Å²) < 4.78 is 0. The van der Waals surface area contributed by atoms with Crippen LogP contribution in [0.25, 0.3) is 0 Å². The van der Waals surface area contributed by atoms with Crippen LogP contribution in [0, 0.1) is 5.92 Å². The van der Waals surface area contributed by atoms with Crippen molar-refractivity contribution in [3.05, 3.63) is 30.1 Å². The van der Waals surface area contributed by atoms with Crippen LogP contribution in [0.5, 0.6) is 0 Å². The Bertz CT molecular complexity index is 367. The molecule has 16 heavy (non-hydrogen) atoms. The SMILES string of the molecule is CC1CCN(C(=O)c2cccnc2)C1CO. The molecule has 1 aliphatic heterocycles. The van der Waals surface area contributed by atoms with E-state index in [-0.39, 0.29) is 18.6 Å². The summed E-state index contributed by atoms with van der Waals surface area (Å²) in [5, 5.41) is 9.29. The van der Waals surface area contributed by atoms with Gasteiger partial charge >= 0.3 is 0 Å². The van der Waals surface area contributed by atoms with Crippen LogP contribution < -0.4 is 0 Å². The van der Waals surface area contributed by atoms with Gasteiger partial charge in [-0.25, -0.2) is 0 Å². The molecule has 1 aromatic rings. The Balaban J connectivity index is 2.17. The Kier molecular flexibility index (Phi) is 3.19. The second-order valence-corrected chi connectivity index (χ2v) is 4.26. The van der Waals surface area contributed by atoms with Gasteiger partial charge in [-0.15, -0.1) is 0 Å². The van der Waals surface area contributed by atoms with Gasteiger partial charge in [0.15, 0.2) is 0 Å². The third kappa shape index (κ3) is 1.93. The van der Waals surface area contributed by atoms with Crippen LogP contribution in [0.3, 0.4) is 0 Å². The molecule has 4 heteroatoms. The highest BCUT2D eigenvalue weighted by Crippen LogP contribution is 2.24. The highest BCUT2D eigenvalue weighted by atomic mass is 16.3. The van der Waals surface area contributed by atoms with E-state index < -0.39 is 0 Å². The lowest BCUT2D eigenvalue weighted by Gasteiger charge is -2.25. The minimum Gasteiger partial charge on any atom is -0.394 e. The van der Waals surface area contributed by atoms with Gasteiger partial charge in [-0.05, 0) is 24.5 Å². The molecule has 1 aromatic heterocycles. The van der Waals surface area contributed by atoms with Crippen molar-refractivity contribution in [1.82, 2.24) is 9.88 Å². The number of carbonyl (C=O) groups is 1. The quantitative estimate of drug-likeness (QED) is 0.806. The molecule has 4 nitrogen and oxygen atoms in total. The fraction of sp³-hybridized carbons (Fsp3) is 0.500. The maximum Gasteiger partial charge on any atom is 0.255 e. The van der Waals surface area contributed by atoms with Crippen molar-refractivity contribution in [2.75, 3.05) is 13.2 Å². The van der Waals surface area contributed by atoms with Crippen LogP contribution in [-0.4, -0.2) is 40.1 Å². The molecule has 0 spiro atoms. The highest BCUT2D eigenvalue weighted by Gasteiger charge is 2.34. The smallest absolute Gasteiger partial charge is 0.255 e. The van der Waals surface area contributed by atoms with Crippen molar-refractivity contribution in [3.63, 3.8) is 0 Å². The van der Waals surface area contributed by atoms with E-state index >= 15 is 0 Å². The first-order valence-electron chi connectivity index (χ1n) is 5.56. The standard InChI is InChI=1S/C12H16N2O2/c1-9-4-6-14(11(9)8-15)12(16)10-3-2-5-13-7-10/h2-3,5,7,9,11,15H,4,6,8H2,1H3. The van der Waals surface area contributed by atoms with Crippen LogP contribution in [0.4, 0.5) is 0 Å². The van der Waals surface area contributed by atoms with Gasteiger partial charge in [0, 0.05) is 18.9 Å². The summed E-state index contributed by atoms with van der Waals surface area (Å²) in [5.41, 5.74) is 0.593. The molecule has 0 saturated carbocycles. The molecule has 0 aromatic carbocycles. The molecule has 1 saturated heterocycles. The van der Waals surface area contributed by atoms with Crippen molar-refractivity contribution in [2.45, 2.75) is 19.4 Å². The zero-order chi connectivity index (χ0) is 11.5. The van der Waals surface area contributed by atoms with E-state index in [1.165, 1.54) is 0 Å². The number of hydrogen-bond acceptors (Lipinski definition) is 3. The van der Waals surface area contributed by atoms with Crippen LogP contribution in [0.1, 0.15) is 23.7 Å². The molecular formula is C12H16N2O2. The predicted octanol–water partition coefficient (Wildman–Crippen LogP) is 0.924. The first-order valence-corrected chi connectivity index (χ1v) is 5.56. The molecule has 1 aliphatic rings. The molecule has 1 fully saturated rings. The van der Waals surface area contributed by atoms with Gasteiger partial charge in [-0.3, -0.25) is 9.78 Å². The largest absolute Gasteiger partial charge is 0.394 e. The minimum absolute atomic E-state index is 0.0310. The molecule has 86 valence electrons. The number of aliphatic hydroxyl groups is 1. The summed E-state index contributed by atoms with van der Waals surface area (Å²) in [6, 6.07) is 3.46. The summed E-state index contributed by atoms with van der Waals surface area (Å²) in [6.07, 6.45) is 4.17. The number of likely N-dealkylation sites (tertiary alicyclic amines) is 1. The third-order valence-electron chi connectivity index (χ3n) is 3.24. The van der Waals surface area contributed by atoms with Crippen LogP contribution in [0.2, 0.25) is 0 Å². The summed E-state index contributed by atoms with van der Waals surface area (Å²) >= 11 is 0. The molecule has 0 radical (unpaired) electrons. The van der Waals surface area contributed by atoms with E-state index in [2.05, 4.69) is 11.9 Å². The minimum atomic E-state index is -0.0484. The summed E-state index contributed by atoms with van der Waals surface area (Å²) in [6.45, 7) is 2.82. The van der Waals surface area contributed by atoms with Gasteiger partial charge in [-0.1, -0.05) is 6.92 Å². The lowest BCUT2D eigenvalue weighted by Crippen LogP contribution is -2.39. The van der Waals surface area contributed by atoms with Gasteiger partial charge < -0.3 is 10.0 Å². The van der Waals surface area contributed by atoms with E-state index in [1.807, 2.05) is 0 Å². The van der Waals surface area contributed by atoms with Gasteiger partial charge in [0.1, 0.15) is 0 Å². The maximum atomic E-state index is 12.1. The molecule has 0 aliphatic carbocycles. The lowest BCUT2D eigenvalue weighted by molar-refractivity contribution is 0.0648. The fourth-order valence-corrected chi connectivity index (χ4v) is 2.19. The lowest BCUT2D eigenvalue weighted by atomic mass is 10.0. The Morgan fingerprint density at radius 1 is 1.69 bits per heavy atom. The fourth-order valence-electron chi connectivity index (χ4n) is 2.19. The first kappa shape index (κ1) is 11.1. The molecular weight excluding hydrogens is 204 g/mol. The molecule has 2 atom stereocenters. The summed E-state index contributed by atoms with van der Waals surface area (Å²) in [4.78, 5) is 17.8. The number of rotatable bonds is 2. The average Bonchev–Trinajstić information content (AvgIpc) is 2.70. The number of hydrogen-bond donors (Lipinski definition) is 1. The number of nitrogens with zero attached hydrogens (tertiary/aromatic N) is 2. The Labute approximate surface area is 94.9 Å². The van der Waals surface area contributed by atoms with Crippen molar-refractivity contribution in [2.24, 2.45) is 5.92 Å². The van der Waals surface area contributed by atoms with E-state index in [0.29, 0.717) is 11.5 Å². The number of aromatic nitrogens is 1. The Hall–Kier alpha value is -1.42. The predicted molar refractivity (Wildman–Crippen MR) is 59.9 cm³/mol. The van der Waals surface area contributed by atoms with E-state index in [1.54, 1.807) is 29.4 Å². The van der Waals surface area contributed by atoms with Gasteiger partial charge in [0.05, 0.1) is 18.2 Å². The molecule has 2 heterocycles. The molecule has 2 rings (SSSR count). The molecule has 1 amide bonds. The van der Waals surface area contributed by atoms with E-state index in [9.17, 15) is 9.90 Å². The summed E-state index contributed by atoms with van der Waals surface area (Å²) in [7, 11) is 0. The average molecular weight is 220 g/mol. The number of amides is 1. The van der Waals surface area contributed by atoms with E-state index in [0.717, 1.165) is 13.0 Å². The zero-order valence-corrected chi connectivity index (χ0v) is 9.34. The third-order valence-corrected chi connectivity index (χ3v) is 3.24. The van der Waals surface area contributed by atoms with Crippen LogP contribution in [-0.2, 0) is 0 Å². The maximum absolute atomic E-state index is 12.1. The van der Waals surface area contributed by atoms with Crippen molar-refractivity contribution in [3.8, 4) is 0 Å². The Morgan fingerprint density at radius 2 is 2.50 bits per heavy atom. The van der Waals surface area contributed by atoms with Gasteiger partial charge in [0.25, 0.3) is 5.91 Å². The highest BCUT2D eigenvalue weighted by molar-refractivity contribution is 5.94. The molecule has 1 N–H and O–H groups in total. The first-order chi connectivity index (χ1) is 7.74.